The number of fused-ring (bicyclic) bond motifs is 1. The topological polar surface area (TPSA) is 85.8 Å². The van der Waals surface area contributed by atoms with Crippen LogP contribution in [0.4, 0.5) is 4.79 Å². The summed E-state index contributed by atoms with van der Waals surface area (Å²) in [5.41, 5.74) is 5.60. The lowest BCUT2D eigenvalue weighted by atomic mass is 9.97. The molecular weight excluding hydrogens is 320 g/mol. The summed E-state index contributed by atoms with van der Waals surface area (Å²) in [6.45, 7) is 1.51. The molecule has 1 aliphatic rings. The average Bonchev–Trinajstić information content (AvgIpc) is 2.95. The first kappa shape index (κ1) is 15.7. The fourth-order valence-corrected chi connectivity index (χ4v) is 2.96. The molecule has 2 heterocycles. The van der Waals surface area contributed by atoms with Crippen LogP contribution in [0.3, 0.4) is 0 Å². The van der Waals surface area contributed by atoms with E-state index in [4.69, 9.17) is 26.5 Å². The summed E-state index contributed by atoms with van der Waals surface area (Å²) >= 11 is 5.94. The second kappa shape index (κ2) is 6.50. The molecule has 23 heavy (non-hydrogen) atoms. The van der Waals surface area contributed by atoms with Gasteiger partial charge in [-0.25, -0.2) is 4.79 Å². The van der Waals surface area contributed by atoms with E-state index < -0.39 is 6.09 Å². The second-order valence-electron chi connectivity index (χ2n) is 5.66. The molecule has 1 saturated heterocycles. The maximum Gasteiger partial charge on any atom is 0.404 e. The van der Waals surface area contributed by atoms with E-state index in [0.29, 0.717) is 36.1 Å². The summed E-state index contributed by atoms with van der Waals surface area (Å²) in [4.78, 5) is 24.9. The lowest BCUT2D eigenvalue weighted by Crippen LogP contribution is -2.39. The van der Waals surface area contributed by atoms with E-state index in [9.17, 15) is 9.59 Å². The molecule has 1 aromatic heterocycles. The van der Waals surface area contributed by atoms with Crippen molar-refractivity contribution in [3.05, 3.63) is 35.0 Å². The molecule has 0 saturated carbocycles. The van der Waals surface area contributed by atoms with Crippen LogP contribution in [0.25, 0.3) is 11.0 Å². The molecule has 3 rings (SSSR count). The zero-order valence-electron chi connectivity index (χ0n) is 12.5. The van der Waals surface area contributed by atoms with Crippen molar-refractivity contribution in [2.75, 3.05) is 19.7 Å². The number of carbonyl (C=O) groups excluding carboxylic acids is 2. The Morgan fingerprint density at radius 2 is 2.04 bits per heavy atom. The number of hydrogen-bond donors (Lipinski definition) is 1. The van der Waals surface area contributed by atoms with Gasteiger partial charge in [-0.3, -0.25) is 4.79 Å². The zero-order valence-corrected chi connectivity index (χ0v) is 13.2. The summed E-state index contributed by atoms with van der Waals surface area (Å²) in [7, 11) is 0. The van der Waals surface area contributed by atoms with Crippen molar-refractivity contribution in [3.8, 4) is 0 Å². The molecule has 7 heteroatoms. The van der Waals surface area contributed by atoms with Crippen LogP contribution in [0, 0.1) is 5.92 Å². The van der Waals surface area contributed by atoms with E-state index in [2.05, 4.69) is 0 Å². The Balaban J connectivity index is 1.63. The molecule has 1 aliphatic heterocycles. The highest BCUT2D eigenvalue weighted by atomic mass is 35.5. The van der Waals surface area contributed by atoms with Gasteiger partial charge in [-0.1, -0.05) is 11.6 Å². The van der Waals surface area contributed by atoms with Gasteiger partial charge in [0.25, 0.3) is 5.91 Å². The first-order valence-electron chi connectivity index (χ1n) is 7.43. The Kier molecular flexibility index (Phi) is 4.43. The zero-order chi connectivity index (χ0) is 16.4. The Morgan fingerprint density at radius 3 is 2.74 bits per heavy atom. The molecule has 2 aromatic rings. The van der Waals surface area contributed by atoms with E-state index in [1.54, 1.807) is 29.2 Å². The molecular formula is C16H17ClN2O4. The Hall–Kier alpha value is -2.21. The smallest absolute Gasteiger partial charge is 0.404 e. The number of rotatable bonds is 3. The number of nitrogens with zero attached hydrogens (tertiary/aromatic N) is 1. The summed E-state index contributed by atoms with van der Waals surface area (Å²) in [6, 6.07) is 6.96. The molecule has 0 unspecified atom stereocenters. The van der Waals surface area contributed by atoms with E-state index >= 15 is 0 Å². The third kappa shape index (κ3) is 3.59. The molecule has 0 spiro atoms. The Morgan fingerprint density at radius 1 is 1.30 bits per heavy atom. The number of furan rings is 1. The number of nitrogens with two attached hydrogens (primary N) is 1. The van der Waals surface area contributed by atoms with Crippen LogP contribution in [0.5, 0.6) is 0 Å². The molecule has 2 amide bonds. The SMILES string of the molecule is NC(=O)OCC1CCN(C(=O)c2cc3cc(Cl)ccc3o2)CC1. The molecule has 6 nitrogen and oxygen atoms in total. The fourth-order valence-electron chi connectivity index (χ4n) is 2.78. The van der Waals surface area contributed by atoms with Gasteiger partial charge in [0, 0.05) is 23.5 Å². The van der Waals surface area contributed by atoms with Crippen molar-refractivity contribution in [3.63, 3.8) is 0 Å². The number of amides is 2. The van der Waals surface area contributed by atoms with Crippen molar-refractivity contribution >= 4 is 34.6 Å². The van der Waals surface area contributed by atoms with Crippen LogP contribution < -0.4 is 5.73 Å². The highest BCUT2D eigenvalue weighted by Gasteiger charge is 2.26. The lowest BCUT2D eigenvalue weighted by molar-refractivity contribution is 0.0601. The lowest BCUT2D eigenvalue weighted by Gasteiger charge is -2.30. The summed E-state index contributed by atoms with van der Waals surface area (Å²) < 4.78 is 10.4. The normalized spacial score (nSPS) is 15.8. The minimum Gasteiger partial charge on any atom is -0.451 e. The third-order valence-electron chi connectivity index (χ3n) is 4.05. The monoisotopic (exact) mass is 336 g/mol. The van der Waals surface area contributed by atoms with E-state index in [-0.39, 0.29) is 11.8 Å². The van der Waals surface area contributed by atoms with Crippen LogP contribution in [0.15, 0.2) is 28.7 Å². The van der Waals surface area contributed by atoms with Crippen LogP contribution >= 0.6 is 11.6 Å². The molecule has 0 aliphatic carbocycles. The van der Waals surface area contributed by atoms with Crippen LogP contribution in [0.1, 0.15) is 23.4 Å². The van der Waals surface area contributed by atoms with Crippen LogP contribution in [-0.4, -0.2) is 36.6 Å². The number of piperidine rings is 1. The summed E-state index contributed by atoms with van der Waals surface area (Å²) in [5.74, 6) is 0.418. The largest absolute Gasteiger partial charge is 0.451 e. The van der Waals surface area contributed by atoms with Gasteiger partial charge < -0.3 is 19.8 Å². The van der Waals surface area contributed by atoms with Crippen LogP contribution in [0.2, 0.25) is 5.02 Å². The number of likely N-dealkylation sites (tertiary alicyclic amines) is 1. The molecule has 122 valence electrons. The molecule has 1 fully saturated rings. The van der Waals surface area contributed by atoms with Gasteiger partial charge in [0.15, 0.2) is 5.76 Å². The van der Waals surface area contributed by atoms with Gasteiger partial charge >= 0.3 is 6.09 Å². The van der Waals surface area contributed by atoms with Crippen LogP contribution in [-0.2, 0) is 4.74 Å². The number of halogens is 1. The number of primary amides is 1. The molecule has 0 radical (unpaired) electrons. The fraction of sp³-hybridized carbons (Fsp3) is 0.375. The van der Waals surface area contributed by atoms with Crippen molar-refractivity contribution in [1.29, 1.82) is 0 Å². The highest BCUT2D eigenvalue weighted by molar-refractivity contribution is 6.31. The first-order chi connectivity index (χ1) is 11.0. The van der Waals surface area contributed by atoms with Crippen molar-refractivity contribution in [1.82, 2.24) is 4.90 Å². The van der Waals surface area contributed by atoms with Crippen molar-refractivity contribution < 1.29 is 18.7 Å². The van der Waals surface area contributed by atoms with Gasteiger partial charge in [-0.2, -0.15) is 0 Å². The minimum atomic E-state index is -0.760. The summed E-state index contributed by atoms with van der Waals surface area (Å²) in [6.07, 6.45) is 0.778. The average molecular weight is 337 g/mol. The second-order valence-corrected chi connectivity index (χ2v) is 6.09. The van der Waals surface area contributed by atoms with E-state index in [0.717, 1.165) is 18.2 Å². The Labute approximate surface area is 138 Å². The van der Waals surface area contributed by atoms with Gasteiger partial charge in [-0.05, 0) is 43.0 Å². The third-order valence-corrected chi connectivity index (χ3v) is 4.29. The minimum absolute atomic E-state index is 0.133. The van der Waals surface area contributed by atoms with Gasteiger partial charge in [0.1, 0.15) is 5.58 Å². The number of carbonyl (C=O) groups is 2. The van der Waals surface area contributed by atoms with E-state index in [1.807, 2.05) is 0 Å². The molecule has 0 bridgehead atoms. The van der Waals surface area contributed by atoms with Gasteiger partial charge in [0.2, 0.25) is 0 Å². The first-order valence-corrected chi connectivity index (χ1v) is 7.81. The van der Waals surface area contributed by atoms with Gasteiger partial charge in [-0.15, -0.1) is 0 Å². The highest BCUT2D eigenvalue weighted by Crippen LogP contribution is 2.25. The number of benzene rings is 1. The molecule has 2 N–H and O–H groups in total. The van der Waals surface area contributed by atoms with Crippen molar-refractivity contribution in [2.24, 2.45) is 11.7 Å². The number of hydrogen-bond acceptors (Lipinski definition) is 4. The molecule has 1 aromatic carbocycles. The summed E-state index contributed by atoms with van der Waals surface area (Å²) in [5, 5.41) is 1.41. The quantitative estimate of drug-likeness (QED) is 0.933. The van der Waals surface area contributed by atoms with Gasteiger partial charge in [0.05, 0.1) is 6.61 Å². The molecule has 0 atom stereocenters. The maximum atomic E-state index is 12.5. The predicted molar refractivity (Wildman–Crippen MR) is 85.4 cm³/mol. The predicted octanol–water partition coefficient (Wildman–Crippen LogP) is 3.03. The Bertz CT molecular complexity index is 735. The van der Waals surface area contributed by atoms with E-state index in [1.165, 1.54) is 0 Å². The standard InChI is InChI=1S/C16H17ClN2O4/c17-12-1-2-13-11(7-12)8-14(23-13)15(20)19-5-3-10(4-6-19)9-22-16(18)21/h1-2,7-8,10H,3-6,9H2,(H2,18,21). The maximum absolute atomic E-state index is 12.5. The van der Waals surface area contributed by atoms with Crippen molar-refractivity contribution in [2.45, 2.75) is 12.8 Å². The number of ether oxygens (including phenoxy) is 1.